The molecule has 1 heterocycles. The molecule has 126 valence electrons. The summed E-state index contributed by atoms with van der Waals surface area (Å²) < 4.78 is 0. The third-order valence-corrected chi connectivity index (χ3v) is 4.69. The topological polar surface area (TPSA) is 66.5 Å². The predicted octanol–water partition coefficient (Wildman–Crippen LogP) is 1.80. The van der Waals surface area contributed by atoms with Gasteiger partial charge in [-0.25, -0.2) is 0 Å². The van der Waals surface area contributed by atoms with Crippen LogP contribution in [-0.4, -0.2) is 48.0 Å². The van der Waals surface area contributed by atoms with Crippen molar-refractivity contribution >= 4 is 17.5 Å². The lowest BCUT2D eigenvalue weighted by Gasteiger charge is -2.30. The Morgan fingerprint density at radius 3 is 2.36 bits per heavy atom. The monoisotopic (exact) mass is 310 g/mol. The molecule has 0 aliphatic carbocycles. The molecule has 1 saturated heterocycles. The molecule has 0 unspecified atom stereocenters. The van der Waals surface area contributed by atoms with E-state index < -0.39 is 0 Å². The van der Waals surface area contributed by atoms with Gasteiger partial charge < -0.3 is 10.2 Å². The zero-order chi connectivity index (χ0) is 16.9. The average molecular weight is 310 g/mol. The van der Waals surface area contributed by atoms with E-state index in [-0.39, 0.29) is 47.8 Å². The SMILES string of the molecule is CC[C@H](NC)C(=O)C[C@H](C(=O)N1CCC[C@H]1C(C)=O)C(C)C. The normalized spacial score (nSPS) is 21.0. The van der Waals surface area contributed by atoms with E-state index in [1.54, 1.807) is 18.9 Å². The fraction of sp³-hybridized carbons (Fsp3) is 0.824. The smallest absolute Gasteiger partial charge is 0.227 e. The molecular weight excluding hydrogens is 280 g/mol. The maximum absolute atomic E-state index is 12.8. The van der Waals surface area contributed by atoms with E-state index in [0.717, 1.165) is 12.8 Å². The number of carbonyl (C=O) groups excluding carboxylic acids is 3. The molecule has 1 rings (SSSR count). The maximum atomic E-state index is 12.8. The van der Waals surface area contributed by atoms with Crippen LogP contribution in [0.2, 0.25) is 0 Å². The van der Waals surface area contributed by atoms with Crippen molar-refractivity contribution in [3.63, 3.8) is 0 Å². The minimum absolute atomic E-state index is 0.0352. The Balaban J connectivity index is 2.84. The highest BCUT2D eigenvalue weighted by Gasteiger charge is 2.37. The number of hydrogen-bond acceptors (Lipinski definition) is 4. The fourth-order valence-corrected chi connectivity index (χ4v) is 3.23. The molecule has 5 nitrogen and oxygen atoms in total. The molecule has 1 aliphatic rings. The lowest BCUT2D eigenvalue weighted by atomic mass is 9.87. The van der Waals surface area contributed by atoms with Gasteiger partial charge in [-0.3, -0.25) is 14.4 Å². The number of carbonyl (C=O) groups is 3. The number of hydrogen-bond donors (Lipinski definition) is 1. The second-order valence-electron chi connectivity index (χ2n) is 6.57. The van der Waals surface area contributed by atoms with Crippen molar-refractivity contribution < 1.29 is 14.4 Å². The third-order valence-electron chi connectivity index (χ3n) is 4.69. The molecule has 0 saturated carbocycles. The van der Waals surface area contributed by atoms with Crippen LogP contribution in [0.15, 0.2) is 0 Å². The molecule has 1 aliphatic heterocycles. The number of ketones is 2. The van der Waals surface area contributed by atoms with Gasteiger partial charge in [-0.15, -0.1) is 0 Å². The first-order valence-electron chi connectivity index (χ1n) is 8.34. The molecule has 0 aromatic rings. The lowest BCUT2D eigenvalue weighted by molar-refractivity contribution is -0.143. The van der Waals surface area contributed by atoms with Gasteiger partial charge in [0, 0.05) is 18.9 Å². The first kappa shape index (κ1) is 18.8. The quantitative estimate of drug-likeness (QED) is 0.742. The maximum Gasteiger partial charge on any atom is 0.227 e. The summed E-state index contributed by atoms with van der Waals surface area (Å²) in [5, 5.41) is 3.00. The van der Waals surface area contributed by atoms with Crippen LogP contribution >= 0.6 is 0 Å². The average Bonchev–Trinajstić information content (AvgIpc) is 2.94. The van der Waals surface area contributed by atoms with Crippen LogP contribution in [0.25, 0.3) is 0 Å². The molecule has 0 aromatic carbocycles. The molecule has 5 heteroatoms. The number of nitrogens with zero attached hydrogens (tertiary/aromatic N) is 1. The summed E-state index contributed by atoms with van der Waals surface area (Å²) in [5.74, 6) is -0.169. The zero-order valence-corrected chi connectivity index (χ0v) is 14.5. The van der Waals surface area contributed by atoms with Crippen LogP contribution < -0.4 is 5.32 Å². The van der Waals surface area contributed by atoms with Crippen molar-refractivity contribution in [3.05, 3.63) is 0 Å². The van der Waals surface area contributed by atoms with E-state index >= 15 is 0 Å². The van der Waals surface area contributed by atoms with E-state index in [9.17, 15) is 14.4 Å². The van der Waals surface area contributed by atoms with Gasteiger partial charge >= 0.3 is 0 Å². The predicted molar refractivity (Wildman–Crippen MR) is 86.5 cm³/mol. The first-order valence-corrected chi connectivity index (χ1v) is 8.34. The zero-order valence-electron chi connectivity index (χ0n) is 14.5. The highest BCUT2D eigenvalue weighted by molar-refractivity contribution is 5.92. The van der Waals surface area contributed by atoms with Crippen molar-refractivity contribution in [2.45, 2.75) is 65.5 Å². The van der Waals surface area contributed by atoms with Gasteiger partial charge in [0.25, 0.3) is 0 Å². The van der Waals surface area contributed by atoms with Gasteiger partial charge in [0.15, 0.2) is 11.6 Å². The third kappa shape index (κ3) is 4.38. The summed E-state index contributed by atoms with van der Waals surface area (Å²) in [7, 11) is 1.77. The van der Waals surface area contributed by atoms with E-state index in [1.807, 2.05) is 20.8 Å². The molecule has 0 bridgehead atoms. The summed E-state index contributed by atoms with van der Waals surface area (Å²) in [5.41, 5.74) is 0. The van der Waals surface area contributed by atoms with Gasteiger partial charge in [0.1, 0.15) is 0 Å². The molecule has 1 amide bonds. The van der Waals surface area contributed by atoms with Crippen LogP contribution in [-0.2, 0) is 14.4 Å². The van der Waals surface area contributed by atoms with E-state index in [0.29, 0.717) is 13.0 Å². The summed E-state index contributed by atoms with van der Waals surface area (Å²) in [6.45, 7) is 8.06. The van der Waals surface area contributed by atoms with Crippen LogP contribution in [0.1, 0.15) is 53.4 Å². The summed E-state index contributed by atoms with van der Waals surface area (Å²) >= 11 is 0. The fourth-order valence-electron chi connectivity index (χ4n) is 3.23. The Hall–Kier alpha value is -1.23. The van der Waals surface area contributed by atoms with E-state index in [2.05, 4.69) is 5.32 Å². The largest absolute Gasteiger partial charge is 0.332 e. The van der Waals surface area contributed by atoms with E-state index in [1.165, 1.54) is 0 Å². The molecule has 1 fully saturated rings. The minimum atomic E-state index is -0.338. The Kier molecular flexibility index (Phi) is 7.20. The number of likely N-dealkylation sites (N-methyl/N-ethyl adjacent to an activating group) is 1. The van der Waals surface area contributed by atoms with Gasteiger partial charge in [-0.2, -0.15) is 0 Å². The van der Waals surface area contributed by atoms with Crippen molar-refractivity contribution in [2.24, 2.45) is 11.8 Å². The summed E-state index contributed by atoms with van der Waals surface area (Å²) in [6.07, 6.45) is 2.57. The lowest BCUT2D eigenvalue weighted by Crippen LogP contribution is -2.45. The molecule has 0 aromatic heterocycles. The highest BCUT2D eigenvalue weighted by atomic mass is 16.2. The van der Waals surface area contributed by atoms with Crippen molar-refractivity contribution in [3.8, 4) is 0 Å². The van der Waals surface area contributed by atoms with Crippen molar-refractivity contribution in [1.29, 1.82) is 0 Å². The number of nitrogens with one attached hydrogen (secondary N) is 1. The Morgan fingerprint density at radius 2 is 1.91 bits per heavy atom. The van der Waals surface area contributed by atoms with Gasteiger partial charge in [0.05, 0.1) is 12.1 Å². The van der Waals surface area contributed by atoms with Gasteiger partial charge in [0.2, 0.25) is 5.91 Å². The number of rotatable bonds is 8. The Bertz CT molecular complexity index is 416. The Labute approximate surface area is 133 Å². The van der Waals surface area contributed by atoms with Crippen LogP contribution in [0.3, 0.4) is 0 Å². The number of amides is 1. The highest BCUT2D eigenvalue weighted by Crippen LogP contribution is 2.26. The summed E-state index contributed by atoms with van der Waals surface area (Å²) in [4.78, 5) is 38.6. The molecule has 0 radical (unpaired) electrons. The molecule has 22 heavy (non-hydrogen) atoms. The second-order valence-corrected chi connectivity index (χ2v) is 6.57. The van der Waals surface area contributed by atoms with Crippen LogP contribution in [0.4, 0.5) is 0 Å². The minimum Gasteiger partial charge on any atom is -0.332 e. The van der Waals surface area contributed by atoms with Crippen molar-refractivity contribution in [1.82, 2.24) is 10.2 Å². The summed E-state index contributed by atoms with van der Waals surface area (Å²) in [6, 6.07) is -0.494. The number of likely N-dealkylation sites (tertiary alicyclic amines) is 1. The van der Waals surface area contributed by atoms with Crippen LogP contribution in [0.5, 0.6) is 0 Å². The first-order chi connectivity index (χ1) is 10.3. The van der Waals surface area contributed by atoms with Crippen LogP contribution in [0, 0.1) is 11.8 Å². The molecule has 1 N–H and O–H groups in total. The molecule has 0 spiro atoms. The van der Waals surface area contributed by atoms with Gasteiger partial charge in [-0.05, 0) is 39.2 Å². The van der Waals surface area contributed by atoms with E-state index in [4.69, 9.17) is 0 Å². The van der Waals surface area contributed by atoms with Crippen molar-refractivity contribution in [2.75, 3.05) is 13.6 Å². The Morgan fingerprint density at radius 1 is 1.27 bits per heavy atom. The standard InChI is InChI=1S/C17H30N2O3/c1-6-14(18-5)16(21)10-13(11(2)3)17(22)19-9-7-8-15(19)12(4)20/h11,13-15,18H,6-10H2,1-5H3/t13-,14-,15-/m0/s1. The second kappa shape index (κ2) is 8.42. The molecule has 3 atom stereocenters. The molecular formula is C17H30N2O3. The number of Topliss-reactive ketones (excluding diaryl/α,β-unsaturated/α-hetero) is 2. The van der Waals surface area contributed by atoms with Gasteiger partial charge in [-0.1, -0.05) is 20.8 Å².